The number of fused-ring (bicyclic) bond motifs is 2. The molecular weight excluding hydrogens is 430 g/mol. The van der Waals surface area contributed by atoms with Crippen LogP contribution in [0.5, 0.6) is 0 Å². The first-order chi connectivity index (χ1) is 13.8. The monoisotopic (exact) mass is 452 g/mol. The molecule has 10 heteroatoms. The molecule has 7 nitrogen and oxygen atoms in total. The van der Waals surface area contributed by atoms with Crippen molar-refractivity contribution in [3.05, 3.63) is 51.1 Å². The van der Waals surface area contributed by atoms with Crippen LogP contribution >= 0.6 is 23.4 Å². The molecule has 2 atom stereocenters. The predicted molar refractivity (Wildman–Crippen MR) is 119 cm³/mol. The second kappa shape index (κ2) is 6.91. The molecule has 1 aromatic carbocycles. The summed E-state index contributed by atoms with van der Waals surface area (Å²) in [5.74, 6) is 0. The van der Waals surface area contributed by atoms with Crippen LogP contribution in [0.1, 0.15) is 23.6 Å². The molecule has 1 aliphatic carbocycles. The smallest absolute Gasteiger partial charge is 0.294 e. The maximum Gasteiger partial charge on any atom is 0.294 e. The van der Waals surface area contributed by atoms with Gasteiger partial charge in [-0.3, -0.25) is 4.90 Å². The molecule has 0 aromatic heterocycles. The molecule has 0 saturated carbocycles. The fourth-order valence-electron chi connectivity index (χ4n) is 4.80. The normalized spacial score (nSPS) is 30.0. The van der Waals surface area contributed by atoms with E-state index < -0.39 is 10.0 Å². The second-order valence-corrected chi connectivity index (χ2v) is 10.6. The van der Waals surface area contributed by atoms with Gasteiger partial charge in [-0.05, 0) is 42.8 Å². The van der Waals surface area contributed by atoms with E-state index in [1.807, 2.05) is 11.5 Å². The molecule has 0 amide bonds. The van der Waals surface area contributed by atoms with Crippen LogP contribution < -0.4 is 9.62 Å². The molecule has 1 aromatic rings. The topological polar surface area (TPSA) is 79.0 Å². The number of aliphatic imine (C=N–C) groups is 1. The molecule has 154 valence electrons. The lowest BCUT2D eigenvalue weighted by molar-refractivity contribution is 0.111. The molecule has 29 heavy (non-hydrogen) atoms. The summed E-state index contributed by atoms with van der Waals surface area (Å²) in [5, 5.41) is 7.86. The number of sulfonamides is 1. The average Bonchev–Trinajstić information content (AvgIpc) is 3.32. The van der Waals surface area contributed by atoms with Crippen molar-refractivity contribution >= 4 is 44.2 Å². The summed E-state index contributed by atoms with van der Waals surface area (Å²) < 4.78 is 24.7. The van der Waals surface area contributed by atoms with E-state index in [0.29, 0.717) is 11.2 Å². The summed E-state index contributed by atoms with van der Waals surface area (Å²) in [7, 11) is -1.88. The van der Waals surface area contributed by atoms with Gasteiger partial charge in [-0.1, -0.05) is 17.7 Å². The maximum atomic E-state index is 12.4. The number of nitrogens with zero attached hydrogens (tertiary/aromatic N) is 4. The first kappa shape index (κ1) is 19.7. The van der Waals surface area contributed by atoms with Gasteiger partial charge >= 0.3 is 0 Å². The van der Waals surface area contributed by atoms with E-state index in [1.165, 1.54) is 22.9 Å². The minimum atomic E-state index is -4.04. The lowest BCUT2D eigenvalue weighted by atomic mass is 10.0. The Morgan fingerprint density at radius 2 is 2.03 bits per heavy atom. The maximum absolute atomic E-state index is 12.4. The number of benzene rings is 1. The fraction of sp³-hybridized carbons (Fsp3) is 0.421. The van der Waals surface area contributed by atoms with Crippen LogP contribution in [0.25, 0.3) is 0 Å². The minimum absolute atomic E-state index is 0.0598. The quantitative estimate of drug-likeness (QED) is 0.563. The number of hydrogen-bond acceptors (Lipinski definition) is 6. The van der Waals surface area contributed by atoms with Crippen LogP contribution in [-0.4, -0.2) is 56.6 Å². The third-order valence-corrected chi connectivity index (χ3v) is 8.53. The second-order valence-electron chi connectivity index (χ2n) is 7.94. The van der Waals surface area contributed by atoms with Gasteiger partial charge < -0.3 is 4.90 Å². The number of piperazine rings is 1. The van der Waals surface area contributed by atoms with Crippen LogP contribution in [0.15, 0.2) is 45.0 Å². The summed E-state index contributed by atoms with van der Waals surface area (Å²) in [6, 6.07) is 6.60. The number of likely N-dealkylation sites (N-methyl/N-ethyl adjacent to an activating group) is 1. The van der Waals surface area contributed by atoms with E-state index in [-0.39, 0.29) is 14.7 Å². The Morgan fingerprint density at radius 1 is 1.28 bits per heavy atom. The molecule has 0 bridgehead atoms. The minimum Gasteiger partial charge on any atom is -0.304 e. The number of primary sulfonamides is 1. The molecule has 1 fully saturated rings. The van der Waals surface area contributed by atoms with E-state index in [0.717, 1.165) is 44.7 Å². The molecular formula is C19H23ClN5O2S2+. The fourth-order valence-corrected chi connectivity index (χ4v) is 7.31. The average molecular weight is 453 g/mol. The Labute approximate surface area is 180 Å². The number of thioether (sulfide) groups is 1. The Hall–Kier alpha value is -1.20. The third kappa shape index (κ3) is 3.03. The molecule has 4 aliphatic rings. The summed E-state index contributed by atoms with van der Waals surface area (Å²) in [4.78, 5) is 9.22. The molecule has 0 spiro atoms. The van der Waals surface area contributed by atoms with E-state index in [9.17, 15) is 8.42 Å². The lowest BCUT2D eigenvalue weighted by Crippen LogP contribution is -2.47. The summed E-state index contributed by atoms with van der Waals surface area (Å²) in [6.45, 7) is 4.22. The zero-order valence-corrected chi connectivity index (χ0v) is 18.5. The summed E-state index contributed by atoms with van der Waals surface area (Å²) >= 11 is 7.62. The number of amidine groups is 1. The van der Waals surface area contributed by atoms with Gasteiger partial charge in [-0.15, -0.1) is 0 Å². The van der Waals surface area contributed by atoms with E-state index >= 15 is 0 Å². The Morgan fingerprint density at radius 3 is 2.76 bits per heavy atom. The Balaban J connectivity index is 1.59. The van der Waals surface area contributed by atoms with Crippen molar-refractivity contribution in [3.63, 3.8) is 0 Å². The highest BCUT2D eigenvalue weighted by molar-refractivity contribution is 8.17. The van der Waals surface area contributed by atoms with Gasteiger partial charge in [0.1, 0.15) is 11.9 Å². The van der Waals surface area contributed by atoms with Crippen molar-refractivity contribution in [2.45, 2.75) is 18.9 Å². The van der Waals surface area contributed by atoms with E-state index in [4.69, 9.17) is 16.7 Å². The Kier molecular flexibility index (Phi) is 4.71. The molecule has 3 heterocycles. The first-order valence-electron chi connectivity index (χ1n) is 9.62. The van der Waals surface area contributed by atoms with E-state index in [2.05, 4.69) is 34.0 Å². The molecule has 2 N–H and O–H groups in total. The van der Waals surface area contributed by atoms with Gasteiger partial charge in [0.05, 0.1) is 0 Å². The largest absolute Gasteiger partial charge is 0.304 e. The number of quaternary nitrogens is 1. The van der Waals surface area contributed by atoms with Crippen molar-refractivity contribution < 1.29 is 8.42 Å². The number of rotatable bonds is 3. The van der Waals surface area contributed by atoms with Crippen LogP contribution in [0.3, 0.4) is 0 Å². The highest BCUT2D eigenvalue weighted by atomic mass is 35.5. The van der Waals surface area contributed by atoms with Crippen molar-refractivity contribution in [2.24, 2.45) is 10.1 Å². The van der Waals surface area contributed by atoms with Gasteiger partial charge in [-0.25, -0.2) is 13.6 Å². The highest BCUT2D eigenvalue weighted by Gasteiger charge is 2.55. The number of halogens is 1. The van der Waals surface area contributed by atoms with Gasteiger partial charge in [0.15, 0.2) is 0 Å². The van der Waals surface area contributed by atoms with Crippen molar-refractivity contribution in [3.8, 4) is 0 Å². The lowest BCUT2D eigenvalue weighted by Gasteiger charge is -2.37. The molecule has 5 rings (SSSR count). The van der Waals surface area contributed by atoms with E-state index in [1.54, 1.807) is 6.20 Å². The zero-order chi connectivity index (χ0) is 20.4. The van der Waals surface area contributed by atoms with Gasteiger partial charge in [0, 0.05) is 49.8 Å². The molecule has 3 aliphatic heterocycles. The zero-order valence-electron chi connectivity index (χ0n) is 16.1. The van der Waals surface area contributed by atoms with Crippen LogP contribution in [0.4, 0.5) is 5.69 Å². The molecule has 2 unspecified atom stereocenters. The predicted octanol–water partition coefficient (Wildman–Crippen LogP) is 2.47. The van der Waals surface area contributed by atoms with Gasteiger partial charge in [0.25, 0.3) is 20.2 Å². The third-order valence-electron chi connectivity index (χ3n) is 6.28. The molecule has 1 saturated heterocycles. The van der Waals surface area contributed by atoms with Gasteiger partial charge in [0.2, 0.25) is 5.16 Å². The van der Waals surface area contributed by atoms with Crippen LogP contribution in [0.2, 0.25) is 0 Å². The standard InChI is InChI=1S/C19H23ClN5O2S2/c1-23-6-8-24(9-7-23)16-5-3-13-2-4-14(12-15(13)16)25-10-11-28-19(25)22-17(20)18(25)29(21,26)27/h2,4,10-12,16H,3,5-9H2,1H3,(H2,21,26,27)/q+1. The van der Waals surface area contributed by atoms with Crippen LogP contribution in [0, 0.1) is 0 Å². The van der Waals surface area contributed by atoms with Crippen molar-refractivity contribution in [2.75, 3.05) is 33.2 Å². The number of aryl methyl sites for hydroxylation is 1. The van der Waals surface area contributed by atoms with Crippen molar-refractivity contribution in [1.82, 2.24) is 14.3 Å². The van der Waals surface area contributed by atoms with Crippen molar-refractivity contribution in [1.29, 1.82) is 0 Å². The van der Waals surface area contributed by atoms with Gasteiger partial charge in [-0.2, -0.15) is 9.48 Å². The van der Waals surface area contributed by atoms with Crippen LogP contribution in [-0.2, 0) is 16.4 Å². The summed E-state index contributed by atoms with van der Waals surface area (Å²) in [5.41, 5.74) is 3.42. The SMILES string of the molecule is CN1CCN(C2CCc3ccc([N+]45C=CSC4=NC(Cl)=C5S(N)(=O)=O)cc32)CC1. The number of nitrogens with two attached hydrogens (primary N) is 1. The summed E-state index contributed by atoms with van der Waals surface area (Å²) in [6.07, 6.45) is 3.93. The molecule has 0 radical (unpaired) electrons. The first-order valence-corrected chi connectivity index (χ1v) is 12.4. The Bertz CT molecular complexity index is 1080. The highest BCUT2D eigenvalue weighted by Crippen LogP contribution is 2.49. The number of hydrogen-bond donors (Lipinski definition) is 1.